The van der Waals surface area contributed by atoms with E-state index >= 15 is 0 Å². The van der Waals surface area contributed by atoms with E-state index in [-0.39, 0.29) is 17.9 Å². The number of aryl methyl sites for hydroxylation is 1. The monoisotopic (exact) mass is 264 g/mol. The van der Waals surface area contributed by atoms with Crippen LogP contribution in [0.5, 0.6) is 0 Å². The van der Waals surface area contributed by atoms with Crippen LogP contribution in [0.4, 0.5) is 0 Å². The normalized spacial score (nSPS) is 19.3. The summed E-state index contributed by atoms with van der Waals surface area (Å²) in [5.74, 6) is -0.119. The summed E-state index contributed by atoms with van der Waals surface area (Å²) in [6.45, 7) is 4.50. The Morgan fingerprint density at radius 1 is 1.53 bits per heavy atom. The first-order chi connectivity index (χ1) is 9.08. The number of H-pyrrole nitrogens is 1. The molecule has 104 valence electrons. The van der Waals surface area contributed by atoms with Crippen molar-refractivity contribution in [3.8, 4) is 0 Å². The maximum Gasteiger partial charge on any atom is 0.243 e. The smallest absolute Gasteiger partial charge is 0.243 e. The van der Waals surface area contributed by atoms with Gasteiger partial charge in [0.15, 0.2) is 0 Å². The topological polar surface area (TPSA) is 78.1 Å². The largest absolute Gasteiger partial charge is 0.349 e. The Morgan fingerprint density at radius 3 is 2.95 bits per heavy atom. The number of carbonyl (C=O) groups is 2. The van der Waals surface area contributed by atoms with Crippen LogP contribution in [0.3, 0.4) is 0 Å². The molecule has 1 atom stereocenters. The fraction of sp³-hybridized carbons (Fsp3) is 0.615. The second-order valence-corrected chi connectivity index (χ2v) is 4.98. The van der Waals surface area contributed by atoms with Gasteiger partial charge in [0, 0.05) is 19.2 Å². The number of hydrogen-bond donors (Lipinski definition) is 2. The number of amides is 2. The average Bonchev–Trinajstić information content (AvgIpc) is 2.81. The number of aromatic amines is 1. The van der Waals surface area contributed by atoms with E-state index in [0.29, 0.717) is 13.1 Å². The maximum absolute atomic E-state index is 12.2. The van der Waals surface area contributed by atoms with E-state index in [2.05, 4.69) is 15.5 Å². The molecule has 1 aromatic heterocycles. The Hall–Kier alpha value is -1.85. The first kappa shape index (κ1) is 13.6. The van der Waals surface area contributed by atoms with Gasteiger partial charge in [-0.15, -0.1) is 0 Å². The quantitative estimate of drug-likeness (QED) is 0.845. The molecule has 1 aromatic rings. The van der Waals surface area contributed by atoms with E-state index in [1.165, 1.54) is 6.92 Å². The van der Waals surface area contributed by atoms with Gasteiger partial charge in [0.2, 0.25) is 11.8 Å². The van der Waals surface area contributed by atoms with Crippen molar-refractivity contribution < 1.29 is 9.59 Å². The molecule has 1 unspecified atom stereocenters. The average molecular weight is 264 g/mol. The van der Waals surface area contributed by atoms with Gasteiger partial charge in [-0.05, 0) is 32.3 Å². The molecule has 0 aromatic carbocycles. The number of carbonyl (C=O) groups excluding carboxylic acids is 2. The van der Waals surface area contributed by atoms with E-state index in [4.69, 9.17) is 0 Å². The zero-order valence-electron chi connectivity index (χ0n) is 11.4. The van der Waals surface area contributed by atoms with Crippen molar-refractivity contribution in [2.24, 2.45) is 0 Å². The SMILES string of the molecule is CC(=O)N1CCCCC1C(=O)NCc1cc(C)[nH]n1. The van der Waals surface area contributed by atoms with Gasteiger partial charge in [-0.25, -0.2) is 0 Å². The Labute approximate surface area is 112 Å². The molecule has 0 bridgehead atoms. The molecule has 2 rings (SSSR count). The molecule has 1 fully saturated rings. The molecule has 0 radical (unpaired) electrons. The van der Waals surface area contributed by atoms with Crippen molar-refractivity contribution >= 4 is 11.8 Å². The van der Waals surface area contributed by atoms with E-state index < -0.39 is 0 Å². The van der Waals surface area contributed by atoms with Gasteiger partial charge in [-0.1, -0.05) is 0 Å². The Morgan fingerprint density at radius 2 is 2.32 bits per heavy atom. The highest BCUT2D eigenvalue weighted by Gasteiger charge is 2.30. The van der Waals surface area contributed by atoms with Gasteiger partial charge in [0.25, 0.3) is 0 Å². The van der Waals surface area contributed by atoms with Gasteiger partial charge >= 0.3 is 0 Å². The highest BCUT2D eigenvalue weighted by molar-refractivity contribution is 5.87. The Kier molecular flexibility index (Phi) is 4.19. The molecule has 2 amide bonds. The molecule has 2 heterocycles. The van der Waals surface area contributed by atoms with Crippen molar-refractivity contribution in [2.45, 2.75) is 45.7 Å². The number of nitrogens with zero attached hydrogens (tertiary/aromatic N) is 2. The number of hydrogen-bond acceptors (Lipinski definition) is 3. The van der Waals surface area contributed by atoms with Crippen LogP contribution in [-0.4, -0.2) is 39.5 Å². The Bertz CT molecular complexity index is 469. The number of piperidine rings is 1. The number of likely N-dealkylation sites (tertiary alicyclic amines) is 1. The summed E-state index contributed by atoms with van der Waals surface area (Å²) < 4.78 is 0. The molecule has 19 heavy (non-hydrogen) atoms. The second-order valence-electron chi connectivity index (χ2n) is 4.98. The van der Waals surface area contributed by atoms with Crippen molar-refractivity contribution in [1.29, 1.82) is 0 Å². The second kappa shape index (κ2) is 5.86. The molecule has 1 aliphatic rings. The van der Waals surface area contributed by atoms with Gasteiger partial charge < -0.3 is 10.2 Å². The molecule has 0 saturated carbocycles. The first-order valence-electron chi connectivity index (χ1n) is 6.63. The molecule has 6 heteroatoms. The molecular formula is C13H20N4O2. The lowest BCUT2D eigenvalue weighted by atomic mass is 10.0. The third-order valence-electron chi connectivity index (χ3n) is 3.41. The number of aromatic nitrogens is 2. The summed E-state index contributed by atoms with van der Waals surface area (Å²) in [4.78, 5) is 25.3. The summed E-state index contributed by atoms with van der Waals surface area (Å²) in [5, 5.41) is 9.75. The lowest BCUT2D eigenvalue weighted by Gasteiger charge is -2.33. The van der Waals surface area contributed by atoms with E-state index in [1.54, 1.807) is 4.90 Å². The van der Waals surface area contributed by atoms with Crippen LogP contribution in [0.25, 0.3) is 0 Å². The summed E-state index contributed by atoms with van der Waals surface area (Å²) >= 11 is 0. The molecular weight excluding hydrogens is 244 g/mol. The molecule has 0 aliphatic carbocycles. The van der Waals surface area contributed by atoms with Crippen molar-refractivity contribution in [1.82, 2.24) is 20.4 Å². The van der Waals surface area contributed by atoms with Crippen molar-refractivity contribution in [3.05, 3.63) is 17.5 Å². The highest BCUT2D eigenvalue weighted by atomic mass is 16.2. The molecule has 1 aliphatic heterocycles. The zero-order chi connectivity index (χ0) is 13.8. The standard InChI is InChI=1S/C13H20N4O2/c1-9-7-11(16-15-9)8-14-13(19)12-5-3-4-6-17(12)10(2)18/h7,12H,3-6,8H2,1-2H3,(H,14,19)(H,15,16). The molecule has 1 saturated heterocycles. The third kappa shape index (κ3) is 3.33. The van der Waals surface area contributed by atoms with Crippen LogP contribution in [0.1, 0.15) is 37.6 Å². The van der Waals surface area contributed by atoms with Crippen LogP contribution in [0.15, 0.2) is 6.07 Å². The van der Waals surface area contributed by atoms with E-state index in [1.807, 2.05) is 13.0 Å². The molecule has 6 nitrogen and oxygen atoms in total. The number of nitrogens with one attached hydrogen (secondary N) is 2. The first-order valence-corrected chi connectivity index (χ1v) is 6.63. The lowest BCUT2D eigenvalue weighted by molar-refractivity contribution is -0.140. The van der Waals surface area contributed by atoms with Crippen LogP contribution in [-0.2, 0) is 16.1 Å². The number of rotatable bonds is 3. The fourth-order valence-electron chi connectivity index (χ4n) is 2.44. The summed E-state index contributed by atoms with van der Waals surface area (Å²) in [6, 6.07) is 1.57. The lowest BCUT2D eigenvalue weighted by Crippen LogP contribution is -2.51. The van der Waals surface area contributed by atoms with Gasteiger partial charge in [0.1, 0.15) is 6.04 Å². The third-order valence-corrected chi connectivity index (χ3v) is 3.41. The fourth-order valence-corrected chi connectivity index (χ4v) is 2.44. The van der Waals surface area contributed by atoms with Crippen LogP contribution in [0, 0.1) is 6.92 Å². The summed E-state index contributed by atoms with van der Waals surface area (Å²) in [6.07, 6.45) is 2.70. The summed E-state index contributed by atoms with van der Waals surface area (Å²) in [7, 11) is 0. The predicted molar refractivity (Wildman–Crippen MR) is 70.2 cm³/mol. The minimum Gasteiger partial charge on any atom is -0.349 e. The van der Waals surface area contributed by atoms with Crippen LogP contribution >= 0.6 is 0 Å². The van der Waals surface area contributed by atoms with Crippen LogP contribution < -0.4 is 5.32 Å². The van der Waals surface area contributed by atoms with E-state index in [9.17, 15) is 9.59 Å². The van der Waals surface area contributed by atoms with Crippen molar-refractivity contribution in [2.75, 3.05) is 6.54 Å². The van der Waals surface area contributed by atoms with Gasteiger partial charge in [-0.2, -0.15) is 5.10 Å². The Balaban J connectivity index is 1.92. The maximum atomic E-state index is 12.2. The zero-order valence-corrected chi connectivity index (χ0v) is 11.4. The van der Waals surface area contributed by atoms with E-state index in [0.717, 1.165) is 30.7 Å². The molecule has 2 N–H and O–H groups in total. The predicted octanol–water partition coefficient (Wildman–Crippen LogP) is 0.735. The summed E-state index contributed by atoms with van der Waals surface area (Å²) in [5.41, 5.74) is 1.77. The van der Waals surface area contributed by atoms with Gasteiger partial charge in [-0.3, -0.25) is 14.7 Å². The van der Waals surface area contributed by atoms with Crippen molar-refractivity contribution in [3.63, 3.8) is 0 Å². The van der Waals surface area contributed by atoms with Crippen LogP contribution in [0.2, 0.25) is 0 Å². The minimum atomic E-state index is -0.328. The minimum absolute atomic E-state index is 0.0320. The van der Waals surface area contributed by atoms with Gasteiger partial charge in [0.05, 0.1) is 12.2 Å². The molecule has 0 spiro atoms. The highest BCUT2D eigenvalue weighted by Crippen LogP contribution is 2.17.